The third-order valence-electron chi connectivity index (χ3n) is 2.20. The van der Waals surface area contributed by atoms with Crippen molar-refractivity contribution in [3.63, 3.8) is 0 Å². The molecule has 12 heavy (non-hydrogen) atoms. The van der Waals surface area contributed by atoms with Gasteiger partial charge >= 0.3 is 6.03 Å². The molecular weight excluding hydrogens is 152 g/mol. The molecular formula is C9H18N2O. The van der Waals surface area contributed by atoms with E-state index in [0.29, 0.717) is 5.41 Å². The zero-order chi connectivity index (χ0) is 9.19. The van der Waals surface area contributed by atoms with Crippen molar-refractivity contribution in [1.82, 2.24) is 10.6 Å². The van der Waals surface area contributed by atoms with Crippen LogP contribution in [0.3, 0.4) is 0 Å². The molecule has 1 aliphatic carbocycles. The van der Waals surface area contributed by atoms with Gasteiger partial charge in [-0.15, -0.1) is 0 Å². The Labute approximate surface area is 73.9 Å². The van der Waals surface area contributed by atoms with Crippen molar-refractivity contribution < 1.29 is 4.79 Å². The van der Waals surface area contributed by atoms with Gasteiger partial charge in [-0.1, -0.05) is 6.92 Å². The van der Waals surface area contributed by atoms with Gasteiger partial charge in [-0.2, -0.15) is 0 Å². The van der Waals surface area contributed by atoms with E-state index in [-0.39, 0.29) is 12.1 Å². The minimum Gasteiger partial charge on any atom is -0.338 e. The fraction of sp³-hybridized carbons (Fsp3) is 0.889. The van der Waals surface area contributed by atoms with Gasteiger partial charge < -0.3 is 10.6 Å². The second-order valence-corrected chi connectivity index (χ2v) is 4.29. The van der Waals surface area contributed by atoms with E-state index in [9.17, 15) is 4.79 Å². The lowest BCUT2D eigenvalue weighted by Crippen LogP contribution is -2.41. The lowest BCUT2D eigenvalue weighted by molar-refractivity contribution is 0.236. The summed E-state index contributed by atoms with van der Waals surface area (Å²) in [6.45, 7) is 6.92. The molecule has 70 valence electrons. The number of amides is 2. The largest absolute Gasteiger partial charge is 0.338 e. The minimum absolute atomic E-state index is 0.0434. The molecule has 0 aromatic rings. The molecule has 1 aliphatic rings. The Morgan fingerprint density at radius 2 is 2.08 bits per heavy atom. The van der Waals surface area contributed by atoms with Crippen LogP contribution < -0.4 is 10.6 Å². The van der Waals surface area contributed by atoms with Crippen molar-refractivity contribution in [3.8, 4) is 0 Å². The van der Waals surface area contributed by atoms with Crippen LogP contribution in [0.15, 0.2) is 0 Å². The van der Waals surface area contributed by atoms with Crippen LogP contribution in [0.2, 0.25) is 0 Å². The highest BCUT2D eigenvalue weighted by Crippen LogP contribution is 2.43. The molecule has 1 saturated carbocycles. The second-order valence-electron chi connectivity index (χ2n) is 4.29. The predicted octanol–water partition coefficient (Wildman–Crippen LogP) is 1.49. The third kappa shape index (κ3) is 3.11. The number of hydrogen-bond donors (Lipinski definition) is 2. The summed E-state index contributed by atoms with van der Waals surface area (Å²) < 4.78 is 0. The summed E-state index contributed by atoms with van der Waals surface area (Å²) in [6.07, 6.45) is 2.49. The Morgan fingerprint density at radius 1 is 1.50 bits per heavy atom. The molecule has 1 fully saturated rings. The SMILES string of the molecule is CC(C)NC(=O)NCC1(C)CC1. The van der Waals surface area contributed by atoms with Gasteiger partial charge in [-0.25, -0.2) is 4.79 Å². The molecule has 0 aromatic heterocycles. The van der Waals surface area contributed by atoms with E-state index in [0.717, 1.165) is 6.54 Å². The number of urea groups is 1. The molecule has 3 heteroatoms. The van der Waals surface area contributed by atoms with E-state index in [1.54, 1.807) is 0 Å². The van der Waals surface area contributed by atoms with Gasteiger partial charge in [-0.05, 0) is 32.1 Å². The van der Waals surface area contributed by atoms with Crippen molar-refractivity contribution in [3.05, 3.63) is 0 Å². The maximum atomic E-state index is 11.1. The normalized spacial score (nSPS) is 19.0. The molecule has 0 aliphatic heterocycles. The van der Waals surface area contributed by atoms with Crippen LogP contribution >= 0.6 is 0 Å². The first kappa shape index (κ1) is 9.36. The highest BCUT2D eigenvalue weighted by molar-refractivity contribution is 5.74. The quantitative estimate of drug-likeness (QED) is 0.662. The molecule has 0 radical (unpaired) electrons. The first-order chi connectivity index (χ1) is 5.52. The van der Waals surface area contributed by atoms with Crippen molar-refractivity contribution >= 4 is 6.03 Å². The van der Waals surface area contributed by atoms with Gasteiger partial charge in [0.15, 0.2) is 0 Å². The topological polar surface area (TPSA) is 41.1 Å². The summed E-state index contributed by atoms with van der Waals surface area (Å²) in [5.41, 5.74) is 0.397. The Bertz CT molecular complexity index is 173. The maximum absolute atomic E-state index is 11.1. The van der Waals surface area contributed by atoms with Crippen molar-refractivity contribution in [2.75, 3.05) is 6.54 Å². The van der Waals surface area contributed by atoms with Crippen LogP contribution in [0.25, 0.3) is 0 Å². The monoisotopic (exact) mass is 170 g/mol. The summed E-state index contributed by atoms with van der Waals surface area (Å²) in [6, 6.07) is 0.176. The minimum atomic E-state index is -0.0434. The summed E-state index contributed by atoms with van der Waals surface area (Å²) >= 11 is 0. The fourth-order valence-electron chi connectivity index (χ4n) is 0.997. The Morgan fingerprint density at radius 3 is 2.50 bits per heavy atom. The highest BCUT2D eigenvalue weighted by Gasteiger charge is 2.37. The van der Waals surface area contributed by atoms with E-state index in [1.165, 1.54) is 12.8 Å². The number of nitrogens with one attached hydrogen (secondary N) is 2. The lowest BCUT2D eigenvalue weighted by Gasteiger charge is -2.12. The number of rotatable bonds is 3. The lowest BCUT2D eigenvalue weighted by atomic mass is 10.1. The van der Waals surface area contributed by atoms with E-state index in [1.807, 2.05) is 13.8 Å². The molecule has 3 nitrogen and oxygen atoms in total. The maximum Gasteiger partial charge on any atom is 0.315 e. The first-order valence-corrected chi connectivity index (χ1v) is 4.56. The molecule has 0 unspecified atom stereocenters. The van der Waals surface area contributed by atoms with E-state index >= 15 is 0 Å². The van der Waals surface area contributed by atoms with Crippen LogP contribution in [0.1, 0.15) is 33.6 Å². The van der Waals surface area contributed by atoms with Crippen molar-refractivity contribution in [2.45, 2.75) is 39.7 Å². The average Bonchev–Trinajstić information content (AvgIpc) is 2.64. The fourth-order valence-corrected chi connectivity index (χ4v) is 0.997. The van der Waals surface area contributed by atoms with Gasteiger partial charge in [0, 0.05) is 12.6 Å². The van der Waals surface area contributed by atoms with Gasteiger partial charge in [0.05, 0.1) is 0 Å². The van der Waals surface area contributed by atoms with Crippen LogP contribution in [0.4, 0.5) is 4.79 Å². The van der Waals surface area contributed by atoms with Crippen LogP contribution in [0, 0.1) is 5.41 Å². The van der Waals surface area contributed by atoms with Gasteiger partial charge in [0.2, 0.25) is 0 Å². The van der Waals surface area contributed by atoms with E-state index in [2.05, 4.69) is 17.6 Å². The molecule has 0 spiro atoms. The molecule has 0 bridgehead atoms. The Kier molecular flexibility index (Phi) is 2.60. The zero-order valence-corrected chi connectivity index (χ0v) is 8.11. The van der Waals surface area contributed by atoms with E-state index < -0.39 is 0 Å². The van der Waals surface area contributed by atoms with Gasteiger partial charge in [0.25, 0.3) is 0 Å². The molecule has 2 N–H and O–H groups in total. The number of carbonyl (C=O) groups excluding carboxylic acids is 1. The first-order valence-electron chi connectivity index (χ1n) is 4.56. The van der Waals surface area contributed by atoms with E-state index in [4.69, 9.17) is 0 Å². The summed E-state index contributed by atoms with van der Waals surface area (Å²) in [5, 5.41) is 5.66. The molecule has 0 saturated heterocycles. The molecule has 0 atom stereocenters. The van der Waals surface area contributed by atoms with Crippen LogP contribution in [0.5, 0.6) is 0 Å². The summed E-state index contributed by atoms with van der Waals surface area (Å²) in [5.74, 6) is 0. The van der Waals surface area contributed by atoms with Crippen LogP contribution in [-0.4, -0.2) is 18.6 Å². The van der Waals surface area contributed by atoms with Crippen LogP contribution in [-0.2, 0) is 0 Å². The summed E-state index contributed by atoms with van der Waals surface area (Å²) in [7, 11) is 0. The number of hydrogen-bond acceptors (Lipinski definition) is 1. The standard InChI is InChI=1S/C9H18N2O/c1-7(2)11-8(12)10-6-9(3)4-5-9/h7H,4-6H2,1-3H3,(H2,10,11,12). The zero-order valence-electron chi connectivity index (χ0n) is 8.11. The Hall–Kier alpha value is -0.730. The van der Waals surface area contributed by atoms with Crippen molar-refractivity contribution in [1.29, 1.82) is 0 Å². The Balaban J connectivity index is 2.10. The number of carbonyl (C=O) groups is 1. The molecule has 2 amide bonds. The summed E-state index contributed by atoms with van der Waals surface area (Å²) in [4.78, 5) is 11.1. The third-order valence-corrected chi connectivity index (χ3v) is 2.20. The second kappa shape index (κ2) is 3.33. The average molecular weight is 170 g/mol. The van der Waals surface area contributed by atoms with Gasteiger partial charge in [0.1, 0.15) is 0 Å². The molecule has 1 rings (SSSR count). The van der Waals surface area contributed by atoms with Gasteiger partial charge in [-0.3, -0.25) is 0 Å². The highest BCUT2D eigenvalue weighted by atomic mass is 16.2. The predicted molar refractivity (Wildman–Crippen MR) is 49.0 cm³/mol. The molecule has 0 aromatic carbocycles. The molecule has 0 heterocycles. The van der Waals surface area contributed by atoms with Crippen molar-refractivity contribution in [2.24, 2.45) is 5.41 Å². The smallest absolute Gasteiger partial charge is 0.315 e.